The van der Waals surface area contributed by atoms with Crippen molar-refractivity contribution in [3.8, 4) is 0 Å². The molecule has 1 fully saturated rings. The van der Waals surface area contributed by atoms with Crippen molar-refractivity contribution in [2.45, 2.75) is 44.0 Å². The zero-order valence-corrected chi connectivity index (χ0v) is 12.2. The van der Waals surface area contributed by atoms with E-state index in [0.29, 0.717) is 13.2 Å². The summed E-state index contributed by atoms with van der Waals surface area (Å²) in [7, 11) is 1.76. The molecule has 0 radical (unpaired) electrons. The molecule has 3 nitrogen and oxygen atoms in total. The van der Waals surface area contributed by atoms with Gasteiger partial charge in [0, 0.05) is 7.11 Å². The highest BCUT2D eigenvalue weighted by Crippen LogP contribution is 2.40. The van der Waals surface area contributed by atoms with E-state index in [-0.39, 0.29) is 11.7 Å². The van der Waals surface area contributed by atoms with Gasteiger partial charge in [-0.25, -0.2) is 0 Å². The molecule has 0 saturated heterocycles. The molecule has 0 bridgehead atoms. The first-order valence-electron chi connectivity index (χ1n) is 7.21. The van der Waals surface area contributed by atoms with E-state index in [4.69, 9.17) is 9.47 Å². The molecular weight excluding hydrogens is 252 g/mol. The Bertz CT molecular complexity index is 434. The second-order valence-electron chi connectivity index (χ2n) is 5.43. The summed E-state index contributed by atoms with van der Waals surface area (Å²) in [5, 5.41) is 9.70. The maximum Gasteiger partial charge on any atom is 0.0929 e. The molecule has 1 saturated carbocycles. The first-order valence-corrected chi connectivity index (χ1v) is 7.21. The zero-order valence-electron chi connectivity index (χ0n) is 12.2. The molecular formula is C17H24O3. The van der Waals surface area contributed by atoms with E-state index < -0.39 is 0 Å². The number of hydrogen-bond acceptors (Lipinski definition) is 3. The predicted octanol–water partition coefficient (Wildman–Crippen LogP) is 3.17. The lowest BCUT2D eigenvalue weighted by molar-refractivity contribution is -0.0690. The van der Waals surface area contributed by atoms with Crippen LogP contribution in [-0.2, 0) is 21.7 Å². The molecule has 1 aliphatic rings. The molecule has 110 valence electrons. The average Bonchev–Trinajstić information content (AvgIpc) is 2.49. The largest absolute Gasteiger partial charge is 0.393 e. The molecule has 20 heavy (non-hydrogen) atoms. The number of benzene rings is 1. The molecule has 0 amide bonds. The van der Waals surface area contributed by atoms with Gasteiger partial charge in [-0.2, -0.15) is 0 Å². The minimum Gasteiger partial charge on any atom is -0.393 e. The van der Waals surface area contributed by atoms with Gasteiger partial charge in [-0.1, -0.05) is 30.3 Å². The van der Waals surface area contributed by atoms with Gasteiger partial charge >= 0.3 is 0 Å². The highest BCUT2D eigenvalue weighted by Gasteiger charge is 2.36. The van der Waals surface area contributed by atoms with E-state index in [9.17, 15) is 5.11 Å². The van der Waals surface area contributed by atoms with Gasteiger partial charge in [-0.3, -0.25) is 0 Å². The Balaban J connectivity index is 2.13. The zero-order chi connectivity index (χ0) is 14.4. The Morgan fingerprint density at radius 3 is 2.80 bits per heavy atom. The fourth-order valence-corrected chi connectivity index (χ4v) is 2.88. The number of methoxy groups -OCH3 is 1. The fourth-order valence-electron chi connectivity index (χ4n) is 2.88. The van der Waals surface area contributed by atoms with Gasteiger partial charge < -0.3 is 14.6 Å². The van der Waals surface area contributed by atoms with Gasteiger partial charge in [0.05, 0.1) is 24.9 Å². The van der Waals surface area contributed by atoms with Crippen molar-refractivity contribution in [2.24, 2.45) is 0 Å². The van der Waals surface area contributed by atoms with E-state index >= 15 is 0 Å². The first kappa shape index (κ1) is 15.2. The topological polar surface area (TPSA) is 38.7 Å². The van der Waals surface area contributed by atoms with Gasteiger partial charge in [0.25, 0.3) is 0 Å². The predicted molar refractivity (Wildman–Crippen MR) is 79.5 cm³/mol. The molecule has 2 rings (SSSR count). The van der Waals surface area contributed by atoms with E-state index in [1.54, 1.807) is 13.2 Å². The Morgan fingerprint density at radius 1 is 1.40 bits per heavy atom. The lowest BCUT2D eigenvalue weighted by atomic mass is 9.78. The standard InChI is InChI=1S/C17H24O3/c1-3-11-20-13-14-5-4-6-15(12-14)17(19-2)9-7-16(18)8-10-17/h3-6,12,16,18H,1,7-11,13H2,2H3. The summed E-state index contributed by atoms with van der Waals surface area (Å²) >= 11 is 0. The van der Waals surface area contributed by atoms with Gasteiger partial charge in [-0.15, -0.1) is 6.58 Å². The van der Waals surface area contributed by atoms with Gasteiger partial charge in [0.15, 0.2) is 0 Å². The maximum absolute atomic E-state index is 9.70. The van der Waals surface area contributed by atoms with Crippen LogP contribution in [0.1, 0.15) is 36.8 Å². The lowest BCUT2D eigenvalue weighted by Gasteiger charge is -2.38. The van der Waals surface area contributed by atoms with E-state index in [2.05, 4.69) is 24.8 Å². The Hall–Kier alpha value is -1.16. The minimum atomic E-state index is -0.256. The Labute approximate surface area is 121 Å². The first-order chi connectivity index (χ1) is 9.70. The molecule has 1 aromatic rings. The van der Waals surface area contributed by atoms with Crippen LogP contribution in [0.5, 0.6) is 0 Å². The third-order valence-corrected chi connectivity index (χ3v) is 4.11. The van der Waals surface area contributed by atoms with Crippen molar-refractivity contribution in [3.05, 3.63) is 48.0 Å². The Kier molecular flexibility index (Phi) is 5.35. The molecule has 0 heterocycles. The van der Waals surface area contributed by atoms with E-state index in [1.165, 1.54) is 5.56 Å². The van der Waals surface area contributed by atoms with Crippen molar-refractivity contribution < 1.29 is 14.6 Å². The van der Waals surface area contributed by atoms with Crippen LogP contribution in [0.4, 0.5) is 0 Å². The van der Waals surface area contributed by atoms with Gasteiger partial charge in [-0.05, 0) is 36.8 Å². The van der Waals surface area contributed by atoms with Gasteiger partial charge in [0.1, 0.15) is 0 Å². The molecule has 0 atom stereocenters. The smallest absolute Gasteiger partial charge is 0.0929 e. The SMILES string of the molecule is C=CCOCc1cccc(C2(OC)CCC(O)CC2)c1. The quantitative estimate of drug-likeness (QED) is 0.640. The summed E-state index contributed by atoms with van der Waals surface area (Å²) in [4.78, 5) is 0. The second-order valence-corrected chi connectivity index (χ2v) is 5.43. The number of aliphatic hydroxyl groups is 1. The molecule has 3 heteroatoms. The molecule has 0 aliphatic heterocycles. The molecule has 0 unspecified atom stereocenters. The van der Waals surface area contributed by atoms with Crippen LogP contribution < -0.4 is 0 Å². The van der Waals surface area contributed by atoms with Crippen LogP contribution in [0.3, 0.4) is 0 Å². The summed E-state index contributed by atoms with van der Waals surface area (Å²) < 4.78 is 11.3. The van der Waals surface area contributed by atoms with Crippen LogP contribution in [0, 0.1) is 0 Å². The minimum absolute atomic E-state index is 0.183. The summed E-state index contributed by atoms with van der Waals surface area (Å²) in [6.45, 7) is 4.79. The molecule has 1 N–H and O–H groups in total. The van der Waals surface area contributed by atoms with E-state index in [0.717, 1.165) is 31.2 Å². The van der Waals surface area contributed by atoms with Crippen molar-refractivity contribution in [3.63, 3.8) is 0 Å². The van der Waals surface area contributed by atoms with Gasteiger partial charge in [0.2, 0.25) is 0 Å². The number of rotatable bonds is 6. The summed E-state index contributed by atoms with van der Waals surface area (Å²) in [5.74, 6) is 0. The third-order valence-electron chi connectivity index (χ3n) is 4.11. The number of aliphatic hydroxyl groups excluding tert-OH is 1. The van der Waals surface area contributed by atoms with Crippen molar-refractivity contribution in [2.75, 3.05) is 13.7 Å². The number of hydrogen-bond donors (Lipinski definition) is 1. The summed E-state index contributed by atoms with van der Waals surface area (Å²) in [6.07, 6.45) is 4.89. The summed E-state index contributed by atoms with van der Waals surface area (Å²) in [6, 6.07) is 8.38. The highest BCUT2D eigenvalue weighted by molar-refractivity contribution is 5.29. The molecule has 0 spiro atoms. The average molecular weight is 276 g/mol. The van der Waals surface area contributed by atoms with Crippen molar-refractivity contribution in [1.29, 1.82) is 0 Å². The molecule has 1 aliphatic carbocycles. The Morgan fingerprint density at radius 2 is 2.15 bits per heavy atom. The summed E-state index contributed by atoms with van der Waals surface area (Å²) in [5.41, 5.74) is 2.08. The maximum atomic E-state index is 9.70. The van der Waals surface area contributed by atoms with Crippen LogP contribution in [0.15, 0.2) is 36.9 Å². The lowest BCUT2D eigenvalue weighted by Crippen LogP contribution is -2.35. The van der Waals surface area contributed by atoms with Crippen LogP contribution >= 0.6 is 0 Å². The van der Waals surface area contributed by atoms with Crippen molar-refractivity contribution >= 4 is 0 Å². The monoisotopic (exact) mass is 276 g/mol. The third kappa shape index (κ3) is 3.48. The fraction of sp³-hybridized carbons (Fsp3) is 0.529. The van der Waals surface area contributed by atoms with Crippen LogP contribution in [0.2, 0.25) is 0 Å². The van der Waals surface area contributed by atoms with Crippen LogP contribution in [0.25, 0.3) is 0 Å². The molecule has 1 aromatic carbocycles. The van der Waals surface area contributed by atoms with E-state index in [1.807, 2.05) is 6.07 Å². The molecule has 0 aromatic heterocycles. The highest BCUT2D eigenvalue weighted by atomic mass is 16.5. The van der Waals surface area contributed by atoms with Crippen molar-refractivity contribution in [1.82, 2.24) is 0 Å². The number of ether oxygens (including phenoxy) is 2. The second kappa shape index (κ2) is 7.02. The van der Waals surface area contributed by atoms with Crippen LogP contribution in [-0.4, -0.2) is 24.9 Å². The normalized spacial score (nSPS) is 26.4.